The number of rotatable bonds is 5. The highest BCUT2D eigenvalue weighted by Gasteiger charge is 2.29. The second-order valence-corrected chi connectivity index (χ2v) is 5.64. The normalized spacial score (nSPS) is 13.1. The summed E-state index contributed by atoms with van der Waals surface area (Å²) >= 11 is 0. The molecule has 112 valence electrons. The molecule has 20 heavy (non-hydrogen) atoms. The molecule has 0 aliphatic heterocycles. The lowest BCUT2D eigenvalue weighted by Gasteiger charge is -2.28. The third-order valence-electron chi connectivity index (χ3n) is 2.97. The first-order valence-electron chi connectivity index (χ1n) is 6.90. The molecular formula is C15H24N2O3. The van der Waals surface area contributed by atoms with Crippen LogP contribution in [0.5, 0.6) is 0 Å². The molecule has 0 saturated carbocycles. The van der Waals surface area contributed by atoms with Gasteiger partial charge in [0.15, 0.2) is 5.82 Å². The summed E-state index contributed by atoms with van der Waals surface area (Å²) in [6, 6.07) is 0. The van der Waals surface area contributed by atoms with Crippen LogP contribution in [0.25, 0.3) is 0 Å². The summed E-state index contributed by atoms with van der Waals surface area (Å²) in [7, 11) is 1.64. The van der Waals surface area contributed by atoms with Crippen molar-refractivity contribution in [2.45, 2.75) is 47.1 Å². The van der Waals surface area contributed by atoms with E-state index >= 15 is 0 Å². The minimum absolute atomic E-state index is 0.120. The fourth-order valence-electron chi connectivity index (χ4n) is 2.05. The number of methoxy groups -OCH3 is 1. The van der Waals surface area contributed by atoms with E-state index in [1.165, 1.54) is 6.20 Å². The summed E-state index contributed by atoms with van der Waals surface area (Å²) in [5, 5.41) is 0. The molecule has 0 aliphatic rings. The van der Waals surface area contributed by atoms with Crippen LogP contribution in [-0.2, 0) is 15.9 Å². The molecule has 0 radical (unpaired) electrons. The van der Waals surface area contributed by atoms with Gasteiger partial charge in [0, 0.05) is 13.3 Å². The lowest BCUT2D eigenvalue weighted by Crippen LogP contribution is -2.23. The smallest absolute Gasteiger partial charge is 0.341 e. The first kappa shape index (κ1) is 16.6. The number of nitrogens with zero attached hydrogens (tertiary/aromatic N) is 2. The molecule has 5 nitrogen and oxygen atoms in total. The maximum absolute atomic E-state index is 11.8. The van der Waals surface area contributed by atoms with E-state index in [9.17, 15) is 4.79 Å². The van der Waals surface area contributed by atoms with E-state index in [-0.39, 0.29) is 17.5 Å². The summed E-state index contributed by atoms with van der Waals surface area (Å²) in [6.07, 6.45) is 1.96. The Balaban J connectivity index is 3.18. The molecule has 1 aromatic rings. The molecule has 0 aliphatic carbocycles. The molecule has 0 spiro atoms. The molecule has 1 unspecified atom stereocenters. The van der Waals surface area contributed by atoms with Gasteiger partial charge in [0.05, 0.1) is 17.9 Å². The lowest BCUT2D eigenvalue weighted by molar-refractivity contribution is 0.00841. The van der Waals surface area contributed by atoms with Crippen molar-refractivity contribution in [1.29, 1.82) is 0 Å². The third-order valence-corrected chi connectivity index (χ3v) is 2.97. The second-order valence-electron chi connectivity index (χ2n) is 5.64. The molecule has 1 heterocycles. The van der Waals surface area contributed by atoms with Crippen LogP contribution < -0.4 is 0 Å². The molecule has 0 saturated heterocycles. The van der Waals surface area contributed by atoms with Gasteiger partial charge in [-0.15, -0.1) is 0 Å². The van der Waals surface area contributed by atoms with Gasteiger partial charge in [-0.05, 0) is 18.8 Å². The van der Waals surface area contributed by atoms with Crippen molar-refractivity contribution < 1.29 is 14.3 Å². The Bertz CT molecular complexity index is 467. The van der Waals surface area contributed by atoms with Crippen molar-refractivity contribution in [2.75, 3.05) is 13.7 Å². The highest BCUT2D eigenvalue weighted by Crippen LogP contribution is 2.33. The topological polar surface area (TPSA) is 61.3 Å². The quantitative estimate of drug-likeness (QED) is 0.776. The van der Waals surface area contributed by atoms with Gasteiger partial charge >= 0.3 is 5.97 Å². The zero-order valence-electron chi connectivity index (χ0n) is 13.2. The van der Waals surface area contributed by atoms with Crippen molar-refractivity contribution in [1.82, 2.24) is 9.97 Å². The van der Waals surface area contributed by atoms with Crippen LogP contribution in [0.3, 0.4) is 0 Å². The Morgan fingerprint density at radius 1 is 1.35 bits per heavy atom. The Morgan fingerprint density at radius 2 is 2.00 bits per heavy atom. The van der Waals surface area contributed by atoms with E-state index in [4.69, 9.17) is 9.47 Å². The fourth-order valence-corrected chi connectivity index (χ4v) is 2.05. The Morgan fingerprint density at radius 3 is 2.45 bits per heavy atom. The van der Waals surface area contributed by atoms with Gasteiger partial charge in [-0.1, -0.05) is 27.7 Å². The number of carbonyl (C=O) groups excluding carboxylic acids is 1. The maximum Gasteiger partial charge on any atom is 0.341 e. The Hall–Kier alpha value is -1.49. The van der Waals surface area contributed by atoms with Gasteiger partial charge in [-0.2, -0.15) is 0 Å². The minimum Gasteiger partial charge on any atom is -0.462 e. The first-order chi connectivity index (χ1) is 9.35. The monoisotopic (exact) mass is 280 g/mol. The molecule has 5 heteroatoms. The molecule has 0 aromatic carbocycles. The highest BCUT2D eigenvalue weighted by molar-refractivity contribution is 5.90. The third kappa shape index (κ3) is 3.76. The number of ether oxygens (including phenoxy) is 2. The Labute approximate surface area is 120 Å². The SMILES string of the molecule is CCOC(=O)c1cnc(C(OC)C(C)(C)C)nc1CC. The minimum atomic E-state index is -0.374. The standard InChI is InChI=1S/C15H24N2O3/c1-7-11-10(14(18)20-8-2)9-16-13(17-11)12(19-6)15(3,4)5/h9,12H,7-8H2,1-6H3. The average molecular weight is 280 g/mol. The fraction of sp³-hybridized carbons (Fsp3) is 0.667. The van der Waals surface area contributed by atoms with Gasteiger partial charge in [0.1, 0.15) is 6.10 Å². The number of esters is 1. The predicted octanol–water partition coefficient (Wildman–Crippen LogP) is 2.95. The number of hydrogen-bond donors (Lipinski definition) is 0. The second kappa shape index (κ2) is 6.79. The van der Waals surface area contributed by atoms with Crippen molar-refractivity contribution >= 4 is 5.97 Å². The molecule has 0 bridgehead atoms. The molecule has 0 N–H and O–H groups in total. The van der Waals surface area contributed by atoms with Crippen LogP contribution in [0.15, 0.2) is 6.20 Å². The van der Waals surface area contributed by atoms with Gasteiger partial charge in [-0.25, -0.2) is 14.8 Å². The molecule has 1 aromatic heterocycles. The van der Waals surface area contributed by atoms with E-state index < -0.39 is 0 Å². The molecule has 0 amide bonds. The van der Waals surface area contributed by atoms with Gasteiger partial charge < -0.3 is 9.47 Å². The van der Waals surface area contributed by atoms with E-state index in [0.29, 0.717) is 30.1 Å². The van der Waals surface area contributed by atoms with Gasteiger partial charge in [0.25, 0.3) is 0 Å². The van der Waals surface area contributed by atoms with E-state index in [1.807, 2.05) is 6.92 Å². The highest BCUT2D eigenvalue weighted by atomic mass is 16.5. The summed E-state index contributed by atoms with van der Waals surface area (Å²) < 4.78 is 10.5. The zero-order chi connectivity index (χ0) is 15.3. The van der Waals surface area contributed by atoms with Crippen molar-refractivity contribution in [3.63, 3.8) is 0 Å². The summed E-state index contributed by atoms with van der Waals surface area (Å²) in [5.74, 6) is 0.227. The first-order valence-corrected chi connectivity index (χ1v) is 6.90. The lowest BCUT2D eigenvalue weighted by atomic mass is 9.88. The predicted molar refractivity (Wildman–Crippen MR) is 76.6 cm³/mol. The number of hydrogen-bond acceptors (Lipinski definition) is 5. The van der Waals surface area contributed by atoms with Crippen LogP contribution in [0, 0.1) is 5.41 Å². The van der Waals surface area contributed by atoms with E-state index in [2.05, 4.69) is 30.7 Å². The summed E-state index contributed by atoms with van der Waals surface area (Å²) in [4.78, 5) is 20.6. The van der Waals surface area contributed by atoms with Crippen molar-refractivity contribution in [3.05, 3.63) is 23.3 Å². The van der Waals surface area contributed by atoms with Crippen molar-refractivity contribution in [2.24, 2.45) is 5.41 Å². The number of carbonyl (C=O) groups is 1. The zero-order valence-corrected chi connectivity index (χ0v) is 13.2. The van der Waals surface area contributed by atoms with Crippen LogP contribution in [0.4, 0.5) is 0 Å². The maximum atomic E-state index is 11.8. The number of aryl methyl sites for hydroxylation is 1. The van der Waals surface area contributed by atoms with Crippen LogP contribution >= 0.6 is 0 Å². The molecule has 0 fully saturated rings. The molecule has 1 rings (SSSR count). The van der Waals surface area contributed by atoms with Gasteiger partial charge in [0.2, 0.25) is 0 Å². The average Bonchev–Trinajstić information content (AvgIpc) is 2.37. The van der Waals surface area contributed by atoms with Gasteiger partial charge in [-0.3, -0.25) is 0 Å². The Kier molecular flexibility index (Phi) is 5.62. The summed E-state index contributed by atoms with van der Waals surface area (Å²) in [5.41, 5.74) is 1.01. The van der Waals surface area contributed by atoms with E-state index in [0.717, 1.165) is 0 Å². The van der Waals surface area contributed by atoms with Crippen LogP contribution in [0.1, 0.15) is 62.6 Å². The van der Waals surface area contributed by atoms with Crippen molar-refractivity contribution in [3.8, 4) is 0 Å². The van der Waals surface area contributed by atoms with E-state index in [1.54, 1.807) is 14.0 Å². The number of aromatic nitrogens is 2. The van der Waals surface area contributed by atoms with Crippen LogP contribution in [0.2, 0.25) is 0 Å². The summed E-state index contributed by atoms with van der Waals surface area (Å²) in [6.45, 7) is 10.3. The largest absolute Gasteiger partial charge is 0.462 e. The molecular weight excluding hydrogens is 256 g/mol. The molecule has 1 atom stereocenters. The van der Waals surface area contributed by atoms with Crippen LogP contribution in [-0.4, -0.2) is 29.7 Å².